The SMILES string of the molecule is C=CCO.CC.CC.CC1/C(=N/O)CCC2(C)C1CCC1(C)C2CCC2C3CCCC3(C(=O)O)CC[C@]21C.CO. The van der Waals surface area contributed by atoms with Crippen LogP contribution in [0.3, 0.4) is 0 Å². The van der Waals surface area contributed by atoms with E-state index in [1.807, 2.05) is 27.7 Å². The standard InChI is InChI=1S/C26H41NO3.C3H6O.2C2H6.CH4O/c1-16-17-9-13-25(4)21(23(17,2)12-10-20(16)27-30)8-7-18-19-6-5-11-26(19,22(28)29)15-14-24(18,25)3;1-2-3-4;3*1-2/h16-19,21,30H,5-15H2,1-4H3,(H,28,29);2,4H,1,3H2;2*1-2H3;2H,1H3/b27-20+;;;;/t16?,17?,18?,19?,21?,23?,24-,25?,26?;;;;/m1..../s1. The van der Waals surface area contributed by atoms with E-state index in [0.717, 1.165) is 57.8 Å². The fraction of sp³-hybridized carbons (Fsp3) is 0.882. The number of oxime groups is 1. The maximum absolute atomic E-state index is 12.4. The summed E-state index contributed by atoms with van der Waals surface area (Å²) in [7, 11) is 1.00. The first kappa shape index (κ1) is 36.6. The van der Waals surface area contributed by atoms with E-state index >= 15 is 0 Å². The Morgan fingerprint density at radius 1 is 0.900 bits per heavy atom. The summed E-state index contributed by atoms with van der Waals surface area (Å²) in [6, 6.07) is 0. The molecule has 5 fully saturated rings. The molecule has 0 aromatic carbocycles. The molecule has 0 radical (unpaired) electrons. The number of hydrogen-bond acceptors (Lipinski definition) is 5. The first-order valence-corrected chi connectivity index (χ1v) is 16.2. The third-order valence-corrected chi connectivity index (χ3v) is 12.4. The van der Waals surface area contributed by atoms with Gasteiger partial charge in [0.05, 0.1) is 17.7 Å². The normalized spacial score (nSPS) is 43.5. The van der Waals surface area contributed by atoms with Crippen molar-refractivity contribution in [1.82, 2.24) is 0 Å². The Bertz CT molecular complexity index is 844. The Kier molecular flexibility index (Phi) is 13.9. The number of carbonyl (C=O) groups is 1. The molecule has 4 N–H and O–H groups in total. The number of hydrogen-bond donors (Lipinski definition) is 4. The van der Waals surface area contributed by atoms with Gasteiger partial charge in [-0.3, -0.25) is 4.79 Å². The van der Waals surface area contributed by atoms with Gasteiger partial charge in [0.1, 0.15) is 0 Å². The monoisotopic (exact) mass is 565 g/mol. The molecule has 0 heterocycles. The summed E-state index contributed by atoms with van der Waals surface area (Å²) in [6.45, 7) is 21.3. The molecular formula is C34H63NO5. The molecular weight excluding hydrogens is 502 g/mol. The molecule has 5 rings (SSSR count). The van der Waals surface area contributed by atoms with E-state index in [1.54, 1.807) is 0 Å². The van der Waals surface area contributed by atoms with Gasteiger partial charge >= 0.3 is 5.97 Å². The smallest absolute Gasteiger partial charge is 0.309 e. The lowest BCUT2D eigenvalue weighted by molar-refractivity contribution is -0.223. The molecule has 6 heteroatoms. The summed E-state index contributed by atoms with van der Waals surface area (Å²) in [5.41, 5.74) is 1.44. The molecule has 0 aliphatic heterocycles. The molecule has 5 aliphatic rings. The number of rotatable bonds is 2. The summed E-state index contributed by atoms with van der Waals surface area (Å²) in [5, 5.41) is 38.2. The molecule has 0 spiro atoms. The molecule has 0 saturated heterocycles. The zero-order chi connectivity index (χ0) is 30.9. The van der Waals surface area contributed by atoms with Crippen LogP contribution < -0.4 is 0 Å². The fourth-order valence-corrected chi connectivity index (χ4v) is 10.5. The van der Waals surface area contributed by atoms with Gasteiger partial charge in [-0.2, -0.15) is 0 Å². The predicted octanol–water partition coefficient (Wildman–Crippen LogP) is 8.19. The van der Waals surface area contributed by atoms with Crippen LogP contribution in [0.1, 0.15) is 126 Å². The average molecular weight is 566 g/mol. The Balaban J connectivity index is 0.000000712. The van der Waals surface area contributed by atoms with Crippen LogP contribution in [0, 0.1) is 51.2 Å². The molecule has 6 nitrogen and oxygen atoms in total. The molecule has 234 valence electrons. The van der Waals surface area contributed by atoms with Gasteiger partial charge in [-0.25, -0.2) is 0 Å². The van der Waals surface area contributed by atoms with E-state index in [-0.39, 0.29) is 12.0 Å². The van der Waals surface area contributed by atoms with E-state index in [1.165, 1.54) is 31.8 Å². The lowest BCUT2D eigenvalue weighted by Gasteiger charge is -2.71. The third kappa shape index (κ3) is 5.78. The van der Waals surface area contributed by atoms with Crippen molar-refractivity contribution < 1.29 is 25.3 Å². The molecule has 0 aromatic heterocycles. The van der Waals surface area contributed by atoms with Gasteiger partial charge in [-0.05, 0) is 104 Å². The van der Waals surface area contributed by atoms with Crippen molar-refractivity contribution >= 4 is 11.7 Å². The van der Waals surface area contributed by atoms with E-state index < -0.39 is 11.4 Å². The molecule has 5 aliphatic carbocycles. The van der Waals surface area contributed by atoms with Crippen molar-refractivity contribution in [3.05, 3.63) is 12.7 Å². The van der Waals surface area contributed by atoms with Gasteiger partial charge in [-0.15, -0.1) is 6.58 Å². The minimum absolute atomic E-state index is 0.0833. The van der Waals surface area contributed by atoms with Gasteiger partial charge in [0.15, 0.2) is 0 Å². The summed E-state index contributed by atoms with van der Waals surface area (Å²) < 4.78 is 0. The molecule has 0 aromatic rings. The van der Waals surface area contributed by atoms with Gasteiger partial charge < -0.3 is 20.5 Å². The Hall–Kier alpha value is -1.40. The molecule has 0 bridgehead atoms. The molecule has 0 amide bonds. The zero-order valence-electron chi connectivity index (χ0n) is 27.3. The first-order valence-electron chi connectivity index (χ1n) is 16.2. The maximum atomic E-state index is 12.4. The van der Waals surface area contributed by atoms with E-state index in [9.17, 15) is 15.1 Å². The lowest BCUT2D eigenvalue weighted by Crippen LogP contribution is -2.65. The molecule has 40 heavy (non-hydrogen) atoms. The number of fused-ring (bicyclic) bond motifs is 7. The van der Waals surface area contributed by atoms with Crippen LogP contribution >= 0.6 is 0 Å². The fourth-order valence-electron chi connectivity index (χ4n) is 10.5. The number of carboxylic acids is 1. The average Bonchev–Trinajstić information content (AvgIpc) is 3.43. The molecule has 9 atom stereocenters. The second kappa shape index (κ2) is 15.2. The van der Waals surface area contributed by atoms with Gasteiger partial charge in [0, 0.05) is 13.0 Å². The van der Waals surface area contributed by atoms with E-state index in [4.69, 9.17) is 10.2 Å². The summed E-state index contributed by atoms with van der Waals surface area (Å²) in [6.07, 6.45) is 13.6. The summed E-state index contributed by atoms with van der Waals surface area (Å²) >= 11 is 0. The van der Waals surface area contributed by atoms with Crippen molar-refractivity contribution in [1.29, 1.82) is 0 Å². The number of nitrogens with zero attached hydrogens (tertiary/aromatic N) is 1. The van der Waals surface area contributed by atoms with Crippen LogP contribution in [0.25, 0.3) is 0 Å². The second-order valence-electron chi connectivity index (χ2n) is 13.0. The molecule has 5 saturated carbocycles. The van der Waals surface area contributed by atoms with Crippen LogP contribution in [-0.2, 0) is 4.79 Å². The number of aliphatic hydroxyl groups is 2. The van der Waals surface area contributed by atoms with E-state index in [0.29, 0.717) is 40.4 Å². The van der Waals surface area contributed by atoms with Crippen LogP contribution in [0.15, 0.2) is 17.8 Å². The topological polar surface area (TPSA) is 110 Å². The van der Waals surface area contributed by atoms with E-state index in [2.05, 4.69) is 39.4 Å². The highest BCUT2D eigenvalue weighted by molar-refractivity contribution is 5.87. The van der Waals surface area contributed by atoms with Crippen molar-refractivity contribution in [3.63, 3.8) is 0 Å². The van der Waals surface area contributed by atoms with Gasteiger partial charge in [0.2, 0.25) is 0 Å². The number of aliphatic carboxylic acids is 1. The quantitative estimate of drug-likeness (QED) is 0.153. The largest absolute Gasteiger partial charge is 0.481 e. The molecule has 8 unspecified atom stereocenters. The Labute approximate surface area is 245 Å². The highest BCUT2D eigenvalue weighted by Crippen LogP contribution is 2.75. The zero-order valence-corrected chi connectivity index (χ0v) is 27.3. The summed E-state index contributed by atoms with van der Waals surface area (Å²) in [5.74, 6) is 2.14. The Morgan fingerprint density at radius 2 is 1.50 bits per heavy atom. The number of carboxylic acid groups (broad SMARTS) is 1. The maximum Gasteiger partial charge on any atom is 0.309 e. The van der Waals surface area contributed by atoms with Crippen LogP contribution in [-0.4, -0.2) is 45.9 Å². The Morgan fingerprint density at radius 3 is 2.02 bits per heavy atom. The van der Waals surface area contributed by atoms with Crippen molar-refractivity contribution in [2.75, 3.05) is 13.7 Å². The van der Waals surface area contributed by atoms with Crippen LogP contribution in [0.5, 0.6) is 0 Å². The lowest BCUT2D eigenvalue weighted by atomic mass is 9.33. The minimum Gasteiger partial charge on any atom is -0.481 e. The van der Waals surface area contributed by atoms with Crippen LogP contribution in [0.2, 0.25) is 0 Å². The van der Waals surface area contributed by atoms with Gasteiger partial charge in [-0.1, -0.05) is 73.0 Å². The highest BCUT2D eigenvalue weighted by atomic mass is 16.4. The predicted molar refractivity (Wildman–Crippen MR) is 166 cm³/mol. The third-order valence-electron chi connectivity index (χ3n) is 12.4. The van der Waals surface area contributed by atoms with Crippen LogP contribution in [0.4, 0.5) is 0 Å². The second-order valence-corrected chi connectivity index (χ2v) is 13.0. The highest BCUT2D eigenvalue weighted by Gasteiger charge is 2.69. The number of aliphatic hydroxyl groups excluding tert-OH is 2. The summed E-state index contributed by atoms with van der Waals surface area (Å²) in [4.78, 5) is 12.4. The first-order chi connectivity index (χ1) is 19.1. The minimum atomic E-state index is -0.507. The van der Waals surface area contributed by atoms with Crippen molar-refractivity contribution in [2.24, 2.45) is 56.4 Å². The van der Waals surface area contributed by atoms with Crippen molar-refractivity contribution in [3.8, 4) is 0 Å². The van der Waals surface area contributed by atoms with Crippen molar-refractivity contribution in [2.45, 2.75) is 126 Å². The van der Waals surface area contributed by atoms with Gasteiger partial charge in [0.25, 0.3) is 0 Å².